The van der Waals surface area contributed by atoms with Gasteiger partial charge in [0.05, 0.1) is 34.4 Å². The molecule has 1 amide bonds. The fraction of sp³-hybridized carbons (Fsp3) is 0.368. The number of rotatable bonds is 8. The summed E-state index contributed by atoms with van der Waals surface area (Å²) >= 11 is 1.03. The third-order valence-corrected chi connectivity index (χ3v) is 7.79. The molecule has 11 heteroatoms. The highest BCUT2D eigenvalue weighted by Gasteiger charge is 2.36. The number of aromatic nitrogens is 1. The summed E-state index contributed by atoms with van der Waals surface area (Å²) < 4.78 is 30.0. The lowest BCUT2D eigenvalue weighted by atomic mass is 10.1. The van der Waals surface area contributed by atoms with Gasteiger partial charge in [0.15, 0.2) is 33.1 Å². The lowest BCUT2D eigenvalue weighted by molar-refractivity contribution is -0.110. The molecule has 1 atom stereocenters. The highest BCUT2D eigenvalue weighted by Crippen LogP contribution is 2.33. The number of anilines is 1. The maximum absolute atomic E-state index is 12.8. The van der Waals surface area contributed by atoms with Gasteiger partial charge in [-0.25, -0.2) is 13.4 Å². The molecule has 1 saturated heterocycles. The predicted octanol–water partition coefficient (Wildman–Crippen LogP) is 2.04. The van der Waals surface area contributed by atoms with Gasteiger partial charge in [-0.3, -0.25) is 14.9 Å². The molecule has 30 heavy (non-hydrogen) atoms. The van der Waals surface area contributed by atoms with E-state index in [2.05, 4.69) is 15.5 Å². The SMILES string of the molecule is O=Cc1cnc(NC(=O)C(=NO[C@H]2CCOC2)c2ccc(S(=O)(=O)C3CC3)cc2)s1. The minimum atomic E-state index is -3.33. The van der Waals surface area contributed by atoms with Crippen molar-refractivity contribution in [1.82, 2.24) is 4.98 Å². The number of oxime groups is 1. The second-order valence-electron chi connectivity index (χ2n) is 6.94. The summed E-state index contributed by atoms with van der Waals surface area (Å²) in [7, 11) is -3.33. The number of benzene rings is 1. The Balaban J connectivity index is 1.58. The molecule has 1 aliphatic heterocycles. The van der Waals surface area contributed by atoms with Crippen molar-refractivity contribution in [3.63, 3.8) is 0 Å². The number of sulfone groups is 1. The van der Waals surface area contributed by atoms with E-state index in [4.69, 9.17) is 9.57 Å². The van der Waals surface area contributed by atoms with Crippen LogP contribution in [-0.4, -0.2) is 55.9 Å². The first-order chi connectivity index (χ1) is 14.5. The predicted molar refractivity (Wildman–Crippen MR) is 110 cm³/mol. The molecule has 0 unspecified atom stereocenters. The number of carbonyl (C=O) groups excluding carboxylic acids is 2. The quantitative estimate of drug-likeness (QED) is 0.371. The van der Waals surface area contributed by atoms with Gasteiger partial charge < -0.3 is 9.57 Å². The smallest absolute Gasteiger partial charge is 0.280 e. The number of aldehydes is 1. The van der Waals surface area contributed by atoms with Crippen LogP contribution in [0.1, 0.15) is 34.5 Å². The number of ether oxygens (including phenoxy) is 1. The van der Waals surface area contributed by atoms with Crippen molar-refractivity contribution < 1.29 is 27.6 Å². The molecule has 4 rings (SSSR count). The van der Waals surface area contributed by atoms with Crippen LogP contribution in [0.2, 0.25) is 0 Å². The largest absolute Gasteiger partial charge is 0.389 e. The second-order valence-corrected chi connectivity index (χ2v) is 10.2. The lowest BCUT2D eigenvalue weighted by Gasteiger charge is -2.10. The van der Waals surface area contributed by atoms with Crippen molar-refractivity contribution in [3.8, 4) is 0 Å². The zero-order chi connectivity index (χ0) is 21.1. The summed E-state index contributed by atoms with van der Waals surface area (Å²) in [5.74, 6) is -0.585. The van der Waals surface area contributed by atoms with Gasteiger partial charge in [-0.1, -0.05) is 28.6 Å². The summed E-state index contributed by atoms with van der Waals surface area (Å²) in [6, 6.07) is 6.00. The van der Waals surface area contributed by atoms with E-state index in [-0.39, 0.29) is 27.1 Å². The van der Waals surface area contributed by atoms with E-state index in [1.165, 1.54) is 30.5 Å². The standard InChI is InChI=1S/C19H19N3O6S2/c23-10-14-9-20-19(29-14)21-18(24)17(22-28-13-7-8-27-11-13)12-1-3-15(4-2-12)30(25,26)16-5-6-16/h1-4,9-10,13,16H,5-8,11H2,(H,20,21,24)/t13-/m0/s1. The number of hydrogen-bond acceptors (Lipinski definition) is 9. The van der Waals surface area contributed by atoms with Crippen LogP contribution < -0.4 is 5.32 Å². The molecule has 0 spiro atoms. The molecule has 1 aromatic heterocycles. The highest BCUT2D eigenvalue weighted by molar-refractivity contribution is 7.92. The van der Waals surface area contributed by atoms with Crippen LogP contribution in [-0.2, 0) is 24.2 Å². The van der Waals surface area contributed by atoms with E-state index in [0.29, 0.717) is 49.2 Å². The van der Waals surface area contributed by atoms with Crippen molar-refractivity contribution in [2.24, 2.45) is 5.16 Å². The Labute approximate surface area is 177 Å². The van der Waals surface area contributed by atoms with E-state index < -0.39 is 15.7 Å². The number of hydrogen-bond donors (Lipinski definition) is 1. The van der Waals surface area contributed by atoms with E-state index in [9.17, 15) is 18.0 Å². The molecule has 1 aromatic carbocycles. The number of nitrogens with one attached hydrogen (secondary N) is 1. The molecule has 1 aliphatic carbocycles. The number of amides is 1. The Morgan fingerprint density at radius 3 is 2.63 bits per heavy atom. The van der Waals surface area contributed by atoms with Crippen molar-refractivity contribution >= 4 is 44.2 Å². The molecule has 0 bridgehead atoms. The van der Waals surface area contributed by atoms with Gasteiger partial charge in [0, 0.05) is 12.0 Å². The maximum Gasteiger partial charge on any atom is 0.280 e. The molecule has 1 N–H and O–H groups in total. The Kier molecular flexibility index (Phi) is 5.93. The third-order valence-electron chi connectivity index (χ3n) is 4.68. The number of nitrogens with zero attached hydrogens (tertiary/aromatic N) is 2. The van der Waals surface area contributed by atoms with E-state index in [0.717, 1.165) is 11.3 Å². The van der Waals surface area contributed by atoms with Crippen LogP contribution >= 0.6 is 11.3 Å². The molecular weight excluding hydrogens is 430 g/mol. The van der Waals surface area contributed by atoms with Crippen molar-refractivity contribution in [3.05, 3.63) is 40.9 Å². The highest BCUT2D eigenvalue weighted by atomic mass is 32.2. The van der Waals surface area contributed by atoms with Gasteiger partial charge in [0.1, 0.15) is 0 Å². The van der Waals surface area contributed by atoms with Crippen molar-refractivity contribution in [2.45, 2.75) is 35.5 Å². The normalized spacial score (nSPS) is 19.5. The maximum atomic E-state index is 12.8. The summed E-state index contributed by atoms with van der Waals surface area (Å²) in [6.07, 6.45) is 3.74. The van der Waals surface area contributed by atoms with Gasteiger partial charge in [0.25, 0.3) is 5.91 Å². The molecule has 0 radical (unpaired) electrons. The van der Waals surface area contributed by atoms with Crippen LogP contribution in [0.25, 0.3) is 0 Å². The lowest BCUT2D eigenvalue weighted by Crippen LogP contribution is -2.25. The molecule has 9 nitrogen and oxygen atoms in total. The van der Waals surface area contributed by atoms with Gasteiger partial charge in [0.2, 0.25) is 0 Å². The van der Waals surface area contributed by atoms with Crippen LogP contribution in [0, 0.1) is 0 Å². The zero-order valence-electron chi connectivity index (χ0n) is 15.8. The zero-order valence-corrected chi connectivity index (χ0v) is 17.4. The average molecular weight is 450 g/mol. The summed E-state index contributed by atoms with van der Waals surface area (Å²) in [5.41, 5.74) is 0.369. The van der Waals surface area contributed by atoms with Gasteiger partial charge in [-0.05, 0) is 25.0 Å². The Hall–Kier alpha value is -2.63. The Morgan fingerprint density at radius 2 is 2.03 bits per heavy atom. The minimum Gasteiger partial charge on any atom is -0.389 e. The monoisotopic (exact) mass is 449 g/mol. The topological polar surface area (TPSA) is 124 Å². The van der Waals surface area contributed by atoms with Crippen LogP contribution in [0.15, 0.2) is 40.5 Å². The van der Waals surface area contributed by atoms with E-state index in [1.807, 2.05) is 0 Å². The van der Waals surface area contributed by atoms with Crippen LogP contribution in [0.3, 0.4) is 0 Å². The number of carbonyl (C=O) groups is 2. The van der Waals surface area contributed by atoms with Crippen molar-refractivity contribution in [2.75, 3.05) is 18.5 Å². The molecule has 158 valence electrons. The first-order valence-electron chi connectivity index (χ1n) is 9.35. The fourth-order valence-corrected chi connectivity index (χ4v) is 5.16. The van der Waals surface area contributed by atoms with Gasteiger partial charge in [-0.2, -0.15) is 0 Å². The molecule has 2 aliphatic rings. The first-order valence-corrected chi connectivity index (χ1v) is 11.7. The summed E-state index contributed by atoms with van der Waals surface area (Å²) in [6.45, 7) is 0.940. The molecule has 2 fully saturated rings. The van der Waals surface area contributed by atoms with Crippen molar-refractivity contribution in [1.29, 1.82) is 0 Å². The fourth-order valence-electron chi connectivity index (χ4n) is 2.88. The van der Waals surface area contributed by atoms with Gasteiger partial charge in [-0.15, -0.1) is 0 Å². The average Bonchev–Trinajstić information content (AvgIpc) is 3.31. The summed E-state index contributed by atoms with van der Waals surface area (Å²) in [5, 5.41) is 6.54. The van der Waals surface area contributed by atoms with Crippen LogP contribution in [0.5, 0.6) is 0 Å². The summed E-state index contributed by atoms with van der Waals surface area (Å²) in [4.78, 5) is 33.7. The third kappa shape index (κ3) is 4.58. The minimum absolute atomic E-state index is 0.0277. The second kappa shape index (κ2) is 8.62. The number of thiazole rings is 1. The molecule has 2 aromatic rings. The molecular formula is C19H19N3O6S2. The first kappa shape index (κ1) is 20.6. The molecule has 2 heterocycles. The van der Waals surface area contributed by atoms with E-state index in [1.54, 1.807) is 0 Å². The van der Waals surface area contributed by atoms with E-state index >= 15 is 0 Å². The van der Waals surface area contributed by atoms with Gasteiger partial charge >= 0.3 is 0 Å². The Bertz CT molecular complexity index is 1070. The van der Waals surface area contributed by atoms with Crippen LogP contribution in [0.4, 0.5) is 5.13 Å². The Morgan fingerprint density at radius 1 is 1.27 bits per heavy atom. The molecule has 1 saturated carbocycles.